The Kier molecular flexibility index (Phi) is 3.32. The Balaban J connectivity index is 1.69. The molecule has 2 bridgehead atoms. The van der Waals surface area contributed by atoms with Crippen molar-refractivity contribution in [2.75, 3.05) is 0 Å². The molecule has 3 heteroatoms. The molecule has 0 aliphatic heterocycles. The third kappa shape index (κ3) is 2.05. The summed E-state index contributed by atoms with van der Waals surface area (Å²) in [6, 6.07) is 7.75. The molecule has 3 rings (SSSR count). The summed E-state index contributed by atoms with van der Waals surface area (Å²) in [4.78, 5) is 5.60. The fourth-order valence-corrected chi connectivity index (χ4v) is 4.09. The first-order valence-electron chi connectivity index (χ1n) is 7.37. The smallest absolute Gasteiger partial charge is 0.142 e. The van der Waals surface area contributed by atoms with Crippen molar-refractivity contribution in [3.05, 3.63) is 34.9 Å². The van der Waals surface area contributed by atoms with Crippen LogP contribution in [0.3, 0.4) is 0 Å². The Hall–Kier alpha value is -1.02. The van der Waals surface area contributed by atoms with Gasteiger partial charge in [0.1, 0.15) is 6.61 Å². The molecule has 1 aromatic rings. The molecule has 2 atom stereocenters. The van der Waals surface area contributed by atoms with Crippen molar-refractivity contribution >= 4 is 17.3 Å². The maximum atomic E-state index is 5.97. The minimum absolute atomic E-state index is 0.214. The van der Waals surface area contributed by atoms with Crippen LogP contribution >= 0.6 is 11.6 Å². The van der Waals surface area contributed by atoms with Gasteiger partial charge in [0.05, 0.1) is 5.71 Å². The number of fused-ring (bicyclic) bond motifs is 2. The van der Waals surface area contributed by atoms with Crippen LogP contribution in [0.1, 0.15) is 45.6 Å². The summed E-state index contributed by atoms with van der Waals surface area (Å²) in [5, 5.41) is 5.21. The van der Waals surface area contributed by atoms with Crippen LogP contribution in [0.5, 0.6) is 0 Å². The molecule has 2 aliphatic rings. The van der Waals surface area contributed by atoms with Gasteiger partial charge in [0.25, 0.3) is 0 Å². The number of benzene rings is 1. The van der Waals surface area contributed by atoms with Gasteiger partial charge in [-0.15, -0.1) is 0 Å². The first kappa shape index (κ1) is 13.9. The maximum absolute atomic E-state index is 5.97. The van der Waals surface area contributed by atoms with Crippen LogP contribution in [0.4, 0.5) is 0 Å². The number of hydrogen-bond acceptors (Lipinski definition) is 2. The summed E-state index contributed by atoms with van der Waals surface area (Å²) in [6.07, 6.45) is 3.67. The second-order valence-electron chi connectivity index (χ2n) is 6.93. The van der Waals surface area contributed by atoms with E-state index in [9.17, 15) is 0 Å². The quantitative estimate of drug-likeness (QED) is 0.713. The van der Waals surface area contributed by atoms with E-state index in [2.05, 4.69) is 25.9 Å². The summed E-state index contributed by atoms with van der Waals surface area (Å²) < 4.78 is 0. The SMILES string of the molecule is CC12CCC(C/C1=N/OCc1cccc(Cl)c1)C2(C)C. The Labute approximate surface area is 126 Å². The molecule has 0 saturated heterocycles. The maximum Gasteiger partial charge on any atom is 0.142 e. The molecule has 2 unspecified atom stereocenters. The van der Waals surface area contributed by atoms with Gasteiger partial charge in [0.15, 0.2) is 0 Å². The average Bonchev–Trinajstić information content (AvgIpc) is 2.72. The van der Waals surface area contributed by atoms with Gasteiger partial charge < -0.3 is 4.84 Å². The van der Waals surface area contributed by atoms with Crippen LogP contribution in [-0.2, 0) is 11.4 Å². The highest BCUT2D eigenvalue weighted by Crippen LogP contribution is 2.63. The van der Waals surface area contributed by atoms with Gasteiger partial charge in [0.2, 0.25) is 0 Å². The lowest BCUT2D eigenvalue weighted by Crippen LogP contribution is -2.32. The van der Waals surface area contributed by atoms with Crippen molar-refractivity contribution in [2.24, 2.45) is 21.9 Å². The first-order valence-corrected chi connectivity index (χ1v) is 7.75. The topological polar surface area (TPSA) is 21.6 Å². The number of nitrogens with zero attached hydrogens (tertiary/aromatic N) is 1. The standard InChI is InChI=1S/C17H22ClNO/c1-16(2)13-7-8-17(16,3)15(10-13)19-20-11-12-5-4-6-14(18)9-12/h4-6,9,13H,7-8,10-11H2,1-3H3/b19-15-. The predicted octanol–water partition coefficient (Wildman–Crippen LogP) is 5.06. The van der Waals surface area contributed by atoms with E-state index in [1.54, 1.807) is 0 Å². The molecular formula is C17H22ClNO. The minimum Gasteiger partial charge on any atom is -0.391 e. The zero-order valence-electron chi connectivity index (χ0n) is 12.4. The van der Waals surface area contributed by atoms with Crippen molar-refractivity contribution in [1.29, 1.82) is 0 Å². The van der Waals surface area contributed by atoms with E-state index in [1.165, 1.54) is 18.6 Å². The normalized spacial score (nSPS) is 32.8. The Morgan fingerprint density at radius 2 is 2.15 bits per heavy atom. The Bertz CT molecular complexity index is 552. The van der Waals surface area contributed by atoms with Crippen LogP contribution in [0.15, 0.2) is 29.4 Å². The van der Waals surface area contributed by atoms with E-state index in [0.29, 0.717) is 12.0 Å². The number of oxime groups is 1. The Morgan fingerprint density at radius 1 is 1.35 bits per heavy atom. The van der Waals surface area contributed by atoms with Crippen molar-refractivity contribution < 1.29 is 4.84 Å². The van der Waals surface area contributed by atoms with Gasteiger partial charge in [0, 0.05) is 10.4 Å². The molecule has 0 spiro atoms. The highest BCUT2D eigenvalue weighted by atomic mass is 35.5. The molecule has 0 aromatic heterocycles. The molecule has 108 valence electrons. The number of rotatable bonds is 3. The molecule has 2 aliphatic carbocycles. The first-order chi connectivity index (χ1) is 9.43. The summed E-state index contributed by atoms with van der Waals surface area (Å²) in [5.41, 5.74) is 2.88. The molecule has 0 heterocycles. The van der Waals surface area contributed by atoms with E-state index >= 15 is 0 Å². The molecule has 2 saturated carbocycles. The second kappa shape index (κ2) is 4.77. The van der Waals surface area contributed by atoms with Gasteiger partial charge in [-0.05, 0) is 48.3 Å². The molecule has 20 heavy (non-hydrogen) atoms. The van der Waals surface area contributed by atoms with Crippen molar-refractivity contribution in [3.8, 4) is 0 Å². The fraction of sp³-hybridized carbons (Fsp3) is 0.588. The fourth-order valence-electron chi connectivity index (χ4n) is 3.88. The van der Waals surface area contributed by atoms with Crippen LogP contribution in [-0.4, -0.2) is 5.71 Å². The van der Waals surface area contributed by atoms with Gasteiger partial charge in [-0.25, -0.2) is 0 Å². The molecule has 2 fully saturated rings. The zero-order valence-corrected chi connectivity index (χ0v) is 13.2. The highest BCUT2D eigenvalue weighted by molar-refractivity contribution is 6.30. The summed E-state index contributed by atoms with van der Waals surface area (Å²) >= 11 is 5.97. The zero-order chi connectivity index (χ0) is 14.4. The molecule has 1 aromatic carbocycles. The molecule has 0 radical (unpaired) electrons. The van der Waals surface area contributed by atoms with Crippen molar-refractivity contribution in [3.63, 3.8) is 0 Å². The van der Waals surface area contributed by atoms with Gasteiger partial charge in [-0.1, -0.05) is 49.7 Å². The summed E-state index contributed by atoms with van der Waals surface area (Å²) in [7, 11) is 0. The van der Waals surface area contributed by atoms with Crippen LogP contribution < -0.4 is 0 Å². The third-order valence-corrected chi connectivity index (χ3v) is 6.04. The monoisotopic (exact) mass is 291 g/mol. The molecular weight excluding hydrogens is 270 g/mol. The van der Waals surface area contributed by atoms with Gasteiger partial charge >= 0.3 is 0 Å². The predicted molar refractivity (Wildman–Crippen MR) is 82.9 cm³/mol. The summed E-state index contributed by atoms with van der Waals surface area (Å²) in [5.74, 6) is 0.765. The van der Waals surface area contributed by atoms with Gasteiger partial charge in [-0.3, -0.25) is 0 Å². The lowest BCUT2D eigenvalue weighted by molar-refractivity contribution is 0.123. The van der Waals surface area contributed by atoms with Crippen LogP contribution in [0.25, 0.3) is 0 Å². The highest BCUT2D eigenvalue weighted by Gasteiger charge is 2.60. The number of hydrogen-bond donors (Lipinski definition) is 0. The van der Waals surface area contributed by atoms with E-state index in [4.69, 9.17) is 16.4 Å². The van der Waals surface area contributed by atoms with Gasteiger partial charge in [-0.2, -0.15) is 0 Å². The van der Waals surface area contributed by atoms with E-state index in [1.807, 2.05) is 24.3 Å². The molecule has 0 amide bonds. The minimum atomic E-state index is 0.214. The largest absolute Gasteiger partial charge is 0.391 e. The second-order valence-corrected chi connectivity index (χ2v) is 7.37. The van der Waals surface area contributed by atoms with E-state index in [0.717, 1.165) is 22.9 Å². The molecule has 0 N–H and O–H groups in total. The van der Waals surface area contributed by atoms with Crippen molar-refractivity contribution in [2.45, 2.75) is 46.6 Å². The number of halogens is 1. The summed E-state index contributed by atoms with van der Waals surface area (Å²) in [6.45, 7) is 7.60. The van der Waals surface area contributed by atoms with Crippen LogP contribution in [0, 0.1) is 16.7 Å². The van der Waals surface area contributed by atoms with Crippen LogP contribution in [0.2, 0.25) is 5.02 Å². The van der Waals surface area contributed by atoms with E-state index in [-0.39, 0.29) is 5.41 Å². The lowest BCUT2D eigenvalue weighted by atomic mass is 9.70. The third-order valence-electron chi connectivity index (χ3n) is 5.81. The lowest BCUT2D eigenvalue weighted by Gasteiger charge is -2.34. The van der Waals surface area contributed by atoms with Crippen molar-refractivity contribution in [1.82, 2.24) is 0 Å². The van der Waals surface area contributed by atoms with E-state index < -0.39 is 0 Å². The molecule has 2 nitrogen and oxygen atoms in total. The average molecular weight is 292 g/mol. The Morgan fingerprint density at radius 3 is 2.75 bits per heavy atom.